The van der Waals surface area contributed by atoms with Gasteiger partial charge in [-0.1, -0.05) is 6.07 Å². The molecule has 0 unspecified atom stereocenters. The number of aromatic amines is 1. The number of halogens is 4. The first-order valence-corrected chi connectivity index (χ1v) is 7.43. The Hall–Kier alpha value is -2.41. The first-order chi connectivity index (χ1) is 11.1. The summed E-state index contributed by atoms with van der Waals surface area (Å²) in [6.07, 6.45) is 0. The first kappa shape index (κ1) is 14.2. The monoisotopic (exact) mass is 377 g/mol. The quantitative estimate of drug-likeness (QED) is 0.509. The van der Waals surface area contributed by atoms with E-state index in [0.717, 1.165) is 12.1 Å². The highest BCUT2D eigenvalue weighted by Gasteiger charge is 2.20. The summed E-state index contributed by atoms with van der Waals surface area (Å²) in [6, 6.07) is 7.53. The SMILES string of the molecule is Fc1ccc2c(c1)c(-c1c(F)cccc1F)nc1c(Br)[nH]nc12. The van der Waals surface area contributed by atoms with Crippen molar-refractivity contribution in [2.45, 2.75) is 0 Å². The fourth-order valence-corrected chi connectivity index (χ4v) is 2.98. The smallest absolute Gasteiger partial charge is 0.135 e. The standard InChI is InChI=1S/C16H7BrF3N3/c17-16-15-14(22-23-16)8-5-4-7(18)6-9(8)13(21-15)12-10(19)2-1-3-11(12)20/h1-6H,(H,22,23). The zero-order valence-electron chi connectivity index (χ0n) is 11.4. The minimum atomic E-state index is -0.762. The molecule has 0 saturated heterocycles. The van der Waals surface area contributed by atoms with Crippen LogP contribution in [0.1, 0.15) is 0 Å². The highest BCUT2D eigenvalue weighted by Crippen LogP contribution is 2.36. The topological polar surface area (TPSA) is 41.6 Å². The molecule has 1 N–H and O–H groups in total. The normalized spacial score (nSPS) is 11.5. The van der Waals surface area contributed by atoms with E-state index in [1.165, 1.54) is 24.3 Å². The summed E-state index contributed by atoms with van der Waals surface area (Å²) in [7, 11) is 0. The molecular weight excluding hydrogens is 371 g/mol. The molecular formula is C16H7BrF3N3. The van der Waals surface area contributed by atoms with Crippen LogP contribution < -0.4 is 0 Å². The van der Waals surface area contributed by atoms with E-state index in [2.05, 4.69) is 31.1 Å². The van der Waals surface area contributed by atoms with Gasteiger partial charge in [0.2, 0.25) is 0 Å². The predicted octanol–water partition coefficient (Wildman–Crippen LogP) is 4.96. The van der Waals surface area contributed by atoms with Gasteiger partial charge in [-0.25, -0.2) is 18.2 Å². The van der Waals surface area contributed by atoms with Crippen molar-refractivity contribution < 1.29 is 13.2 Å². The molecule has 0 amide bonds. The van der Waals surface area contributed by atoms with Crippen molar-refractivity contribution >= 4 is 37.7 Å². The van der Waals surface area contributed by atoms with Gasteiger partial charge < -0.3 is 0 Å². The van der Waals surface area contributed by atoms with Gasteiger partial charge in [0.25, 0.3) is 0 Å². The molecule has 0 bridgehead atoms. The molecule has 0 aliphatic heterocycles. The number of nitrogens with one attached hydrogen (secondary N) is 1. The van der Waals surface area contributed by atoms with Gasteiger partial charge >= 0.3 is 0 Å². The molecule has 114 valence electrons. The van der Waals surface area contributed by atoms with Crippen molar-refractivity contribution in [3.8, 4) is 11.3 Å². The Balaban J connectivity index is 2.24. The Morgan fingerprint density at radius 3 is 2.39 bits per heavy atom. The van der Waals surface area contributed by atoms with E-state index < -0.39 is 17.5 Å². The first-order valence-electron chi connectivity index (χ1n) is 6.63. The summed E-state index contributed by atoms with van der Waals surface area (Å²) in [4.78, 5) is 4.31. The molecule has 2 aromatic heterocycles. The number of benzene rings is 2. The fraction of sp³-hybridized carbons (Fsp3) is 0. The van der Waals surface area contributed by atoms with Gasteiger partial charge in [-0.2, -0.15) is 5.10 Å². The van der Waals surface area contributed by atoms with E-state index in [4.69, 9.17) is 0 Å². The maximum Gasteiger partial charge on any atom is 0.135 e. The van der Waals surface area contributed by atoms with Crippen LogP contribution in [0.3, 0.4) is 0 Å². The third kappa shape index (κ3) is 2.11. The number of hydrogen-bond acceptors (Lipinski definition) is 2. The van der Waals surface area contributed by atoms with Crippen molar-refractivity contribution in [2.75, 3.05) is 0 Å². The van der Waals surface area contributed by atoms with Crippen LogP contribution >= 0.6 is 15.9 Å². The average molecular weight is 378 g/mol. The maximum absolute atomic E-state index is 14.2. The Morgan fingerprint density at radius 1 is 0.913 bits per heavy atom. The largest absolute Gasteiger partial charge is 0.269 e. The average Bonchev–Trinajstić information content (AvgIpc) is 2.88. The summed E-state index contributed by atoms with van der Waals surface area (Å²) >= 11 is 3.27. The minimum Gasteiger partial charge on any atom is -0.269 e. The molecule has 0 spiro atoms. The van der Waals surface area contributed by atoms with Crippen LogP contribution in [0, 0.1) is 17.5 Å². The fourth-order valence-electron chi connectivity index (χ4n) is 2.61. The number of hydrogen-bond donors (Lipinski definition) is 1. The second-order valence-electron chi connectivity index (χ2n) is 4.98. The summed E-state index contributed by atoms with van der Waals surface area (Å²) in [5.74, 6) is -2.05. The summed E-state index contributed by atoms with van der Waals surface area (Å²) < 4.78 is 42.5. The van der Waals surface area contributed by atoms with Crippen molar-refractivity contribution in [1.82, 2.24) is 15.2 Å². The molecule has 3 nitrogen and oxygen atoms in total. The van der Waals surface area contributed by atoms with Crippen LogP contribution in [0.2, 0.25) is 0 Å². The molecule has 7 heteroatoms. The Kier molecular flexibility index (Phi) is 3.12. The maximum atomic E-state index is 14.2. The van der Waals surface area contributed by atoms with Gasteiger partial charge in [0.15, 0.2) is 0 Å². The lowest BCUT2D eigenvalue weighted by molar-refractivity contribution is 0.589. The zero-order chi connectivity index (χ0) is 16.1. The molecule has 2 heterocycles. The van der Waals surface area contributed by atoms with Gasteiger partial charge in [-0.3, -0.25) is 5.10 Å². The van der Waals surface area contributed by atoms with Crippen molar-refractivity contribution in [3.05, 3.63) is 58.5 Å². The molecule has 23 heavy (non-hydrogen) atoms. The molecule has 0 aliphatic carbocycles. The minimum absolute atomic E-state index is 0.0321. The summed E-state index contributed by atoms with van der Waals surface area (Å²) in [5.41, 5.74) is 0.650. The number of fused-ring (bicyclic) bond motifs is 3. The Bertz CT molecular complexity index is 1050. The molecule has 4 rings (SSSR count). The van der Waals surface area contributed by atoms with E-state index in [-0.39, 0.29) is 11.3 Å². The molecule has 0 aliphatic rings. The van der Waals surface area contributed by atoms with Gasteiger partial charge in [-0.05, 0) is 46.3 Å². The molecule has 0 saturated carbocycles. The van der Waals surface area contributed by atoms with Crippen LogP contribution in [0.15, 0.2) is 41.0 Å². The van der Waals surface area contributed by atoms with Gasteiger partial charge in [0.05, 0.1) is 11.3 Å². The predicted molar refractivity (Wildman–Crippen MR) is 84.4 cm³/mol. The van der Waals surface area contributed by atoms with Gasteiger partial charge in [0.1, 0.15) is 33.1 Å². The molecule has 0 radical (unpaired) electrons. The van der Waals surface area contributed by atoms with E-state index in [1.807, 2.05) is 0 Å². The second kappa shape index (κ2) is 5.06. The van der Waals surface area contributed by atoms with Crippen LogP contribution in [0.4, 0.5) is 13.2 Å². The Labute approximate surface area is 136 Å². The van der Waals surface area contributed by atoms with Crippen LogP contribution in [0.25, 0.3) is 33.1 Å². The summed E-state index contributed by atoms with van der Waals surface area (Å²) in [5, 5.41) is 7.67. The number of aromatic nitrogens is 3. The number of H-pyrrole nitrogens is 1. The molecule has 0 fully saturated rings. The third-order valence-electron chi connectivity index (χ3n) is 3.61. The number of rotatable bonds is 1. The van der Waals surface area contributed by atoms with Gasteiger partial charge in [0, 0.05) is 10.8 Å². The van der Waals surface area contributed by atoms with Crippen molar-refractivity contribution in [3.63, 3.8) is 0 Å². The third-order valence-corrected chi connectivity index (χ3v) is 4.17. The van der Waals surface area contributed by atoms with E-state index in [1.54, 1.807) is 0 Å². The van der Waals surface area contributed by atoms with Crippen LogP contribution in [0.5, 0.6) is 0 Å². The Morgan fingerprint density at radius 2 is 1.65 bits per heavy atom. The van der Waals surface area contributed by atoms with E-state index in [9.17, 15) is 13.2 Å². The number of nitrogens with zero attached hydrogens (tertiary/aromatic N) is 2. The van der Waals surface area contributed by atoms with E-state index >= 15 is 0 Å². The second-order valence-corrected chi connectivity index (χ2v) is 5.77. The molecule has 2 aromatic carbocycles. The van der Waals surface area contributed by atoms with E-state index in [0.29, 0.717) is 26.4 Å². The van der Waals surface area contributed by atoms with Gasteiger partial charge in [-0.15, -0.1) is 0 Å². The lowest BCUT2D eigenvalue weighted by Gasteiger charge is -2.09. The molecule has 4 aromatic rings. The lowest BCUT2D eigenvalue weighted by Crippen LogP contribution is -1.95. The lowest BCUT2D eigenvalue weighted by atomic mass is 10.0. The summed E-state index contributed by atoms with van der Waals surface area (Å²) in [6.45, 7) is 0. The highest BCUT2D eigenvalue weighted by atomic mass is 79.9. The zero-order valence-corrected chi connectivity index (χ0v) is 13.0. The molecule has 0 atom stereocenters. The highest BCUT2D eigenvalue weighted by molar-refractivity contribution is 9.10. The van der Waals surface area contributed by atoms with Crippen LogP contribution in [-0.2, 0) is 0 Å². The van der Waals surface area contributed by atoms with Crippen molar-refractivity contribution in [1.29, 1.82) is 0 Å². The van der Waals surface area contributed by atoms with Crippen LogP contribution in [-0.4, -0.2) is 15.2 Å². The van der Waals surface area contributed by atoms with Crippen molar-refractivity contribution in [2.24, 2.45) is 0 Å². The number of pyridine rings is 1.